The molecule has 0 bridgehead atoms. The first-order valence-corrected chi connectivity index (χ1v) is 7.13. The highest BCUT2D eigenvalue weighted by atomic mass is 16.5. The highest BCUT2D eigenvalue weighted by molar-refractivity contribution is 6.25. The predicted octanol–water partition coefficient (Wildman–Crippen LogP) is 2.58. The Morgan fingerprint density at radius 1 is 1.43 bits per heavy atom. The normalized spacial score (nSPS) is 21.2. The van der Waals surface area contributed by atoms with Crippen molar-refractivity contribution >= 4 is 11.4 Å². The summed E-state index contributed by atoms with van der Waals surface area (Å²) < 4.78 is 11.0. The number of nitrogens with one attached hydrogen (secondary N) is 1. The zero-order chi connectivity index (χ0) is 15.0. The summed E-state index contributed by atoms with van der Waals surface area (Å²) in [6.07, 6.45) is 3.19. The monoisotopic (exact) mass is 285 g/mol. The van der Waals surface area contributed by atoms with Crippen LogP contribution in [0.1, 0.15) is 24.0 Å². The van der Waals surface area contributed by atoms with Gasteiger partial charge in [0, 0.05) is 6.04 Å². The van der Waals surface area contributed by atoms with Gasteiger partial charge in [-0.25, -0.2) is 0 Å². The van der Waals surface area contributed by atoms with Crippen LogP contribution in [0, 0.1) is 6.92 Å². The Labute approximate surface area is 124 Å². The van der Waals surface area contributed by atoms with Gasteiger partial charge in [-0.05, 0) is 49.1 Å². The number of benzene rings is 1. The Morgan fingerprint density at radius 2 is 2.19 bits per heavy atom. The molecule has 0 radical (unpaired) electrons. The van der Waals surface area contributed by atoms with Crippen molar-refractivity contribution in [3.63, 3.8) is 0 Å². The van der Waals surface area contributed by atoms with Gasteiger partial charge in [0.2, 0.25) is 5.78 Å². The Balaban J connectivity index is 2.00. The molecule has 1 aromatic carbocycles. The predicted molar refractivity (Wildman–Crippen MR) is 80.9 cm³/mol. The fourth-order valence-corrected chi connectivity index (χ4v) is 2.48. The molecule has 0 saturated heterocycles. The van der Waals surface area contributed by atoms with E-state index in [4.69, 9.17) is 9.47 Å². The van der Waals surface area contributed by atoms with Gasteiger partial charge in [-0.15, -0.1) is 0 Å². The van der Waals surface area contributed by atoms with Crippen LogP contribution in [0.5, 0.6) is 5.75 Å². The average Bonchev–Trinajstić information content (AvgIpc) is 3.22. The standard InChI is InChI=1S/C17H19NO3/c1-4-13-16(19)15(17(21-13)18-12-6-7-12)11-5-8-14(20-3)10(2)9-11/h4-5,8-9,12-13,18H,1,6-7H2,2-3H3. The lowest BCUT2D eigenvalue weighted by Gasteiger charge is -2.10. The first-order chi connectivity index (χ1) is 10.1. The third-order valence-corrected chi connectivity index (χ3v) is 3.79. The van der Waals surface area contributed by atoms with Crippen LogP contribution in [-0.4, -0.2) is 25.0 Å². The Hall–Kier alpha value is -2.23. The molecule has 0 aromatic heterocycles. The van der Waals surface area contributed by atoms with Gasteiger partial charge in [0.15, 0.2) is 12.0 Å². The summed E-state index contributed by atoms with van der Waals surface area (Å²) in [5.74, 6) is 1.34. The van der Waals surface area contributed by atoms with Crippen molar-refractivity contribution in [3.05, 3.63) is 47.9 Å². The van der Waals surface area contributed by atoms with Gasteiger partial charge in [-0.1, -0.05) is 12.6 Å². The maximum atomic E-state index is 12.5. The lowest BCUT2D eigenvalue weighted by atomic mass is 9.98. The number of carbonyl (C=O) groups excluding carboxylic acids is 1. The van der Waals surface area contributed by atoms with Crippen LogP contribution >= 0.6 is 0 Å². The number of Topliss-reactive ketones (excluding diaryl/α,β-unsaturated/α-hetero) is 1. The molecule has 1 aromatic rings. The number of aryl methyl sites for hydroxylation is 1. The van der Waals surface area contributed by atoms with Crippen LogP contribution in [-0.2, 0) is 9.53 Å². The second-order valence-corrected chi connectivity index (χ2v) is 5.45. The lowest BCUT2D eigenvalue weighted by molar-refractivity contribution is -0.118. The van der Waals surface area contributed by atoms with E-state index in [2.05, 4.69) is 11.9 Å². The molecule has 21 heavy (non-hydrogen) atoms. The molecule has 1 saturated carbocycles. The SMILES string of the molecule is C=CC1OC(NC2CC2)=C(c2ccc(OC)c(C)c2)C1=O. The molecular formula is C17H19NO3. The molecule has 1 N–H and O–H groups in total. The maximum Gasteiger partial charge on any atom is 0.213 e. The third kappa shape index (κ3) is 2.53. The van der Waals surface area contributed by atoms with Gasteiger partial charge in [-0.3, -0.25) is 4.79 Å². The highest BCUT2D eigenvalue weighted by Crippen LogP contribution is 2.33. The van der Waals surface area contributed by atoms with Gasteiger partial charge in [0.25, 0.3) is 0 Å². The summed E-state index contributed by atoms with van der Waals surface area (Å²) >= 11 is 0. The van der Waals surface area contributed by atoms with E-state index >= 15 is 0 Å². The number of hydrogen-bond donors (Lipinski definition) is 1. The van der Waals surface area contributed by atoms with Gasteiger partial charge >= 0.3 is 0 Å². The molecule has 1 unspecified atom stereocenters. The van der Waals surface area contributed by atoms with Crippen molar-refractivity contribution in [2.24, 2.45) is 0 Å². The maximum absolute atomic E-state index is 12.5. The minimum absolute atomic E-state index is 0.0438. The number of carbonyl (C=O) groups is 1. The first kappa shape index (κ1) is 13.7. The van der Waals surface area contributed by atoms with Crippen LogP contribution in [0.4, 0.5) is 0 Å². The Morgan fingerprint density at radius 3 is 2.76 bits per heavy atom. The van der Waals surface area contributed by atoms with Crippen molar-refractivity contribution in [3.8, 4) is 5.75 Å². The number of ether oxygens (including phenoxy) is 2. The summed E-state index contributed by atoms with van der Waals surface area (Å²) in [4.78, 5) is 12.5. The van der Waals surface area contributed by atoms with Crippen molar-refractivity contribution in [1.29, 1.82) is 0 Å². The van der Waals surface area contributed by atoms with Crippen LogP contribution in [0.2, 0.25) is 0 Å². The molecule has 110 valence electrons. The topological polar surface area (TPSA) is 47.6 Å². The summed E-state index contributed by atoms with van der Waals surface area (Å²) in [5.41, 5.74) is 2.45. The molecule has 0 spiro atoms. The molecule has 1 atom stereocenters. The molecule has 1 aliphatic heterocycles. The van der Waals surface area contributed by atoms with Crippen molar-refractivity contribution in [1.82, 2.24) is 5.32 Å². The number of hydrogen-bond acceptors (Lipinski definition) is 4. The lowest BCUT2D eigenvalue weighted by Crippen LogP contribution is -2.18. The minimum atomic E-state index is -0.594. The van der Waals surface area contributed by atoms with E-state index in [0.29, 0.717) is 17.5 Å². The van der Waals surface area contributed by atoms with Crippen molar-refractivity contribution in [2.45, 2.75) is 31.9 Å². The molecule has 1 fully saturated rings. The number of methoxy groups -OCH3 is 1. The first-order valence-electron chi connectivity index (χ1n) is 7.13. The number of rotatable bonds is 5. The molecule has 4 nitrogen and oxygen atoms in total. The average molecular weight is 285 g/mol. The van der Waals surface area contributed by atoms with Gasteiger partial charge in [0.05, 0.1) is 12.7 Å². The van der Waals surface area contributed by atoms with Gasteiger partial charge in [-0.2, -0.15) is 0 Å². The minimum Gasteiger partial charge on any atom is -0.496 e. The molecule has 1 heterocycles. The molecule has 4 heteroatoms. The summed E-state index contributed by atoms with van der Waals surface area (Å²) in [5, 5.41) is 3.30. The second kappa shape index (κ2) is 5.28. The van der Waals surface area contributed by atoms with Crippen molar-refractivity contribution in [2.75, 3.05) is 7.11 Å². The van der Waals surface area contributed by atoms with E-state index in [1.54, 1.807) is 13.2 Å². The van der Waals surface area contributed by atoms with E-state index in [-0.39, 0.29) is 5.78 Å². The fraction of sp³-hybridized carbons (Fsp3) is 0.353. The van der Waals surface area contributed by atoms with Crippen LogP contribution in [0.3, 0.4) is 0 Å². The van der Waals surface area contributed by atoms with Crippen LogP contribution in [0.25, 0.3) is 5.57 Å². The van der Waals surface area contributed by atoms with E-state index in [1.165, 1.54) is 0 Å². The Kier molecular flexibility index (Phi) is 3.45. The third-order valence-electron chi connectivity index (χ3n) is 3.79. The van der Waals surface area contributed by atoms with Crippen LogP contribution < -0.4 is 10.1 Å². The summed E-state index contributed by atoms with van der Waals surface area (Å²) in [6.45, 7) is 5.64. The molecule has 0 amide bonds. The van der Waals surface area contributed by atoms with E-state index in [0.717, 1.165) is 29.7 Å². The fourth-order valence-electron chi connectivity index (χ4n) is 2.48. The zero-order valence-electron chi connectivity index (χ0n) is 12.3. The highest BCUT2D eigenvalue weighted by Gasteiger charge is 2.36. The second-order valence-electron chi connectivity index (χ2n) is 5.45. The van der Waals surface area contributed by atoms with Gasteiger partial charge < -0.3 is 14.8 Å². The summed E-state index contributed by atoms with van der Waals surface area (Å²) in [6, 6.07) is 6.14. The molecule has 3 rings (SSSR count). The van der Waals surface area contributed by atoms with E-state index in [1.807, 2.05) is 25.1 Å². The number of ketones is 1. The van der Waals surface area contributed by atoms with Gasteiger partial charge in [0.1, 0.15) is 5.75 Å². The van der Waals surface area contributed by atoms with Crippen LogP contribution in [0.15, 0.2) is 36.7 Å². The van der Waals surface area contributed by atoms with Crippen molar-refractivity contribution < 1.29 is 14.3 Å². The Bertz CT molecular complexity index is 629. The molecule has 1 aliphatic carbocycles. The molecule has 2 aliphatic rings. The summed E-state index contributed by atoms with van der Waals surface area (Å²) in [7, 11) is 1.64. The largest absolute Gasteiger partial charge is 0.496 e. The smallest absolute Gasteiger partial charge is 0.213 e. The quantitative estimate of drug-likeness (QED) is 0.845. The molecular weight excluding hydrogens is 266 g/mol. The van der Waals surface area contributed by atoms with E-state index in [9.17, 15) is 4.79 Å². The zero-order valence-corrected chi connectivity index (χ0v) is 12.3. The van der Waals surface area contributed by atoms with E-state index < -0.39 is 6.10 Å².